The van der Waals surface area contributed by atoms with Gasteiger partial charge in [0.2, 0.25) is 0 Å². The number of carbonyl (C=O) groups excluding carboxylic acids is 1. The van der Waals surface area contributed by atoms with Crippen LogP contribution in [0.5, 0.6) is 0 Å². The number of nitrogens with zero attached hydrogens (tertiary/aromatic N) is 4. The van der Waals surface area contributed by atoms with Crippen LogP contribution in [-0.2, 0) is 13.6 Å². The lowest BCUT2D eigenvalue weighted by atomic mass is 10.3. The normalized spacial score (nSPS) is 15.9. The summed E-state index contributed by atoms with van der Waals surface area (Å²) in [6.45, 7) is 0.577. The second-order valence-corrected chi connectivity index (χ2v) is 3.43. The maximum Gasteiger partial charge on any atom is 0.275 e. The van der Waals surface area contributed by atoms with Gasteiger partial charge in [-0.15, -0.1) is 0 Å². The molecule has 7 nitrogen and oxygen atoms in total. The number of amidine groups is 1. The third-order valence-electron chi connectivity index (χ3n) is 2.24. The highest BCUT2D eigenvalue weighted by Gasteiger charge is 2.30. The van der Waals surface area contributed by atoms with Crippen molar-refractivity contribution in [1.29, 1.82) is 0 Å². The van der Waals surface area contributed by atoms with Crippen LogP contribution in [0, 0.1) is 0 Å². The van der Waals surface area contributed by atoms with Gasteiger partial charge in [0.05, 0.1) is 13.1 Å². The van der Waals surface area contributed by atoms with Crippen LogP contribution in [0.25, 0.3) is 0 Å². The van der Waals surface area contributed by atoms with Crippen LogP contribution in [0.4, 0.5) is 0 Å². The first-order chi connectivity index (χ1) is 7.11. The van der Waals surface area contributed by atoms with Crippen molar-refractivity contribution in [2.75, 3.05) is 6.54 Å². The zero-order valence-electron chi connectivity index (χ0n) is 8.21. The zero-order valence-corrected chi connectivity index (χ0v) is 8.21. The van der Waals surface area contributed by atoms with E-state index in [1.54, 1.807) is 17.9 Å². The molecule has 0 unspecified atom stereocenters. The third kappa shape index (κ3) is 1.51. The molecule has 0 radical (unpaired) electrons. The van der Waals surface area contributed by atoms with Crippen molar-refractivity contribution in [1.82, 2.24) is 14.7 Å². The van der Waals surface area contributed by atoms with Crippen LogP contribution in [0.3, 0.4) is 0 Å². The topological polar surface area (TPSA) is 96.7 Å². The van der Waals surface area contributed by atoms with Gasteiger partial charge in [0.1, 0.15) is 0 Å². The van der Waals surface area contributed by atoms with E-state index >= 15 is 0 Å². The molecule has 15 heavy (non-hydrogen) atoms. The average Bonchev–Trinajstić information content (AvgIpc) is 2.67. The predicted molar refractivity (Wildman–Crippen MR) is 51.4 cm³/mol. The summed E-state index contributed by atoms with van der Waals surface area (Å²) >= 11 is 0. The molecule has 0 fully saturated rings. The summed E-state index contributed by atoms with van der Waals surface area (Å²) < 4.78 is 1.60. The van der Waals surface area contributed by atoms with Crippen molar-refractivity contribution < 1.29 is 10.0 Å². The number of oxime groups is 1. The minimum Gasteiger partial charge on any atom is -0.409 e. The predicted octanol–water partition coefficient (Wildman–Crippen LogP) is -0.878. The number of fused-ring (bicyclic) bond motifs is 1. The van der Waals surface area contributed by atoms with Crippen molar-refractivity contribution in [2.24, 2.45) is 17.9 Å². The van der Waals surface area contributed by atoms with Gasteiger partial charge in [0, 0.05) is 18.8 Å². The summed E-state index contributed by atoms with van der Waals surface area (Å²) in [5, 5.41) is 15.3. The van der Waals surface area contributed by atoms with Gasteiger partial charge in [-0.3, -0.25) is 9.48 Å². The Kier molecular flexibility index (Phi) is 2.07. The Morgan fingerprint density at radius 3 is 3.13 bits per heavy atom. The molecule has 3 N–H and O–H groups in total. The monoisotopic (exact) mass is 209 g/mol. The number of hydrogen-bond donors (Lipinski definition) is 2. The third-order valence-corrected chi connectivity index (χ3v) is 2.24. The zero-order chi connectivity index (χ0) is 11.0. The molecule has 1 aliphatic heterocycles. The molecule has 0 aliphatic carbocycles. The van der Waals surface area contributed by atoms with Gasteiger partial charge >= 0.3 is 0 Å². The number of aryl methyl sites for hydroxylation is 1. The van der Waals surface area contributed by atoms with E-state index in [0.717, 1.165) is 5.56 Å². The Morgan fingerprint density at radius 2 is 2.53 bits per heavy atom. The Labute approximate surface area is 85.8 Å². The Bertz CT molecular complexity index is 436. The minimum atomic E-state index is -0.183. The van der Waals surface area contributed by atoms with Crippen LogP contribution in [-0.4, -0.2) is 38.2 Å². The number of hydrogen-bond acceptors (Lipinski definition) is 4. The van der Waals surface area contributed by atoms with Crippen LogP contribution < -0.4 is 5.73 Å². The highest BCUT2D eigenvalue weighted by molar-refractivity contribution is 5.98. The first-order valence-electron chi connectivity index (χ1n) is 4.40. The van der Waals surface area contributed by atoms with Crippen LogP contribution in [0.15, 0.2) is 11.4 Å². The molecular weight excluding hydrogens is 198 g/mol. The van der Waals surface area contributed by atoms with E-state index in [1.165, 1.54) is 4.90 Å². The maximum atomic E-state index is 11.7. The second-order valence-electron chi connectivity index (χ2n) is 3.43. The fourth-order valence-corrected chi connectivity index (χ4v) is 1.62. The molecule has 1 aromatic rings. The molecule has 0 spiro atoms. The molecule has 1 aromatic heterocycles. The van der Waals surface area contributed by atoms with Crippen LogP contribution >= 0.6 is 0 Å². The van der Waals surface area contributed by atoms with Crippen molar-refractivity contribution in [3.05, 3.63) is 17.5 Å². The fraction of sp³-hybridized carbons (Fsp3) is 0.375. The molecule has 2 rings (SSSR count). The molecule has 1 amide bonds. The van der Waals surface area contributed by atoms with E-state index < -0.39 is 0 Å². The second kappa shape index (κ2) is 3.26. The Morgan fingerprint density at radius 1 is 1.80 bits per heavy atom. The number of carbonyl (C=O) groups is 1. The number of aromatic nitrogens is 2. The standard InChI is InChI=1S/C8H11N5O2/c1-12-2-5-3-13(4-6(9)11-15)8(14)7(5)10-12/h2,15H,3-4H2,1H3,(H2,9,11). The number of nitrogens with two attached hydrogens (primary N) is 1. The van der Waals surface area contributed by atoms with E-state index in [0.29, 0.717) is 12.2 Å². The average molecular weight is 209 g/mol. The molecule has 0 atom stereocenters. The van der Waals surface area contributed by atoms with E-state index in [1.807, 2.05) is 0 Å². The van der Waals surface area contributed by atoms with Crippen LogP contribution in [0.2, 0.25) is 0 Å². The molecule has 0 saturated heterocycles. The molecule has 0 saturated carbocycles. The highest BCUT2D eigenvalue weighted by Crippen LogP contribution is 2.20. The summed E-state index contributed by atoms with van der Waals surface area (Å²) in [7, 11) is 1.76. The number of amides is 1. The molecule has 0 bridgehead atoms. The Hall–Kier alpha value is -2.05. The van der Waals surface area contributed by atoms with Crippen LogP contribution in [0.1, 0.15) is 16.1 Å². The highest BCUT2D eigenvalue weighted by atomic mass is 16.4. The van der Waals surface area contributed by atoms with Crippen molar-refractivity contribution in [2.45, 2.75) is 6.54 Å². The number of rotatable bonds is 2. The molecule has 1 aliphatic rings. The van der Waals surface area contributed by atoms with E-state index in [2.05, 4.69) is 10.3 Å². The quantitative estimate of drug-likeness (QED) is 0.286. The molecule has 7 heteroatoms. The SMILES string of the molecule is Cn1cc2c(n1)C(=O)N(C/C(N)=N\O)C2. The first-order valence-corrected chi connectivity index (χ1v) is 4.40. The summed E-state index contributed by atoms with van der Waals surface area (Å²) in [5.41, 5.74) is 6.65. The lowest BCUT2D eigenvalue weighted by molar-refractivity contribution is 0.0793. The minimum absolute atomic E-state index is 0.0119. The van der Waals surface area contributed by atoms with Gasteiger partial charge in [0.25, 0.3) is 5.91 Å². The summed E-state index contributed by atoms with van der Waals surface area (Å²) in [4.78, 5) is 13.2. The smallest absolute Gasteiger partial charge is 0.275 e. The lowest BCUT2D eigenvalue weighted by Gasteiger charge is -2.13. The molecule has 2 heterocycles. The molecule has 0 aromatic carbocycles. The van der Waals surface area contributed by atoms with Gasteiger partial charge in [0.15, 0.2) is 11.5 Å². The summed E-state index contributed by atoms with van der Waals surface area (Å²) in [6.07, 6.45) is 1.79. The van der Waals surface area contributed by atoms with E-state index in [4.69, 9.17) is 10.9 Å². The largest absolute Gasteiger partial charge is 0.409 e. The van der Waals surface area contributed by atoms with Gasteiger partial charge < -0.3 is 15.8 Å². The van der Waals surface area contributed by atoms with Crippen molar-refractivity contribution >= 4 is 11.7 Å². The van der Waals surface area contributed by atoms with E-state index in [-0.39, 0.29) is 18.3 Å². The van der Waals surface area contributed by atoms with E-state index in [9.17, 15) is 4.79 Å². The molecule has 80 valence electrons. The van der Waals surface area contributed by atoms with Crippen molar-refractivity contribution in [3.63, 3.8) is 0 Å². The van der Waals surface area contributed by atoms with Gasteiger partial charge in [-0.25, -0.2) is 0 Å². The Balaban J connectivity index is 2.17. The fourth-order valence-electron chi connectivity index (χ4n) is 1.62. The first kappa shape index (κ1) is 9.50. The van der Waals surface area contributed by atoms with Gasteiger partial charge in [-0.05, 0) is 0 Å². The van der Waals surface area contributed by atoms with Gasteiger partial charge in [-0.1, -0.05) is 5.16 Å². The lowest BCUT2D eigenvalue weighted by Crippen LogP contribution is -2.34. The summed E-state index contributed by atoms with van der Waals surface area (Å²) in [5.74, 6) is -0.171. The van der Waals surface area contributed by atoms with Gasteiger partial charge in [-0.2, -0.15) is 5.10 Å². The molecular formula is C8H11N5O2. The maximum absolute atomic E-state index is 11.7. The van der Waals surface area contributed by atoms with Crippen molar-refractivity contribution in [3.8, 4) is 0 Å². The summed E-state index contributed by atoms with van der Waals surface area (Å²) in [6, 6.07) is 0.